The van der Waals surface area contributed by atoms with Gasteiger partial charge in [0.15, 0.2) is 0 Å². The zero-order valence-corrected chi connectivity index (χ0v) is 14.1. The number of hydrogen-bond acceptors (Lipinski definition) is 2. The van der Waals surface area contributed by atoms with Gasteiger partial charge in [-0.2, -0.15) is 0 Å². The number of amides is 3. The molecule has 0 N–H and O–H groups in total. The van der Waals surface area contributed by atoms with Gasteiger partial charge in [0.05, 0.1) is 12.1 Å². The van der Waals surface area contributed by atoms with Gasteiger partial charge in [-0.3, -0.25) is 9.69 Å². The first-order valence-electron chi connectivity index (χ1n) is 8.07. The van der Waals surface area contributed by atoms with Crippen LogP contribution in [0.2, 0.25) is 0 Å². The molecule has 0 radical (unpaired) electrons. The van der Waals surface area contributed by atoms with Crippen molar-refractivity contribution in [3.63, 3.8) is 0 Å². The topological polar surface area (TPSA) is 40.6 Å². The highest BCUT2D eigenvalue weighted by Gasteiger charge is 2.44. The summed E-state index contributed by atoms with van der Waals surface area (Å²) in [4.78, 5) is 28.1. The fourth-order valence-corrected chi connectivity index (χ4v) is 3.06. The van der Waals surface area contributed by atoms with Crippen LogP contribution < -0.4 is 0 Å². The molecular weight excluding hydrogens is 319 g/mol. The maximum absolute atomic E-state index is 13.3. The molecule has 1 aliphatic heterocycles. The molecular formula is C20H19FN2O2. The van der Waals surface area contributed by atoms with E-state index >= 15 is 0 Å². The van der Waals surface area contributed by atoms with Crippen LogP contribution in [0.15, 0.2) is 60.7 Å². The Bertz CT molecular complexity index is 819. The van der Waals surface area contributed by atoms with E-state index in [2.05, 4.69) is 0 Å². The van der Waals surface area contributed by atoms with Gasteiger partial charge in [-0.25, -0.2) is 9.18 Å². The number of imide groups is 1. The molecule has 0 saturated carbocycles. The Morgan fingerprint density at radius 3 is 2.52 bits per heavy atom. The number of carbonyl (C=O) groups excluding carboxylic acids is 2. The molecule has 3 amide bonds. The second-order valence-electron chi connectivity index (χ2n) is 6.09. The highest BCUT2D eigenvalue weighted by Crippen LogP contribution is 2.34. The van der Waals surface area contributed by atoms with Gasteiger partial charge in [0.2, 0.25) is 0 Å². The van der Waals surface area contributed by atoms with E-state index in [9.17, 15) is 14.0 Å². The molecule has 1 fully saturated rings. The summed E-state index contributed by atoms with van der Waals surface area (Å²) in [6.45, 7) is 1.92. The van der Waals surface area contributed by atoms with E-state index in [0.717, 1.165) is 5.56 Å². The second kappa shape index (κ2) is 6.89. The van der Waals surface area contributed by atoms with Gasteiger partial charge in [-0.1, -0.05) is 42.5 Å². The van der Waals surface area contributed by atoms with E-state index < -0.39 is 5.91 Å². The third-order valence-corrected chi connectivity index (χ3v) is 4.50. The quantitative estimate of drug-likeness (QED) is 0.797. The van der Waals surface area contributed by atoms with Crippen LogP contribution in [0.3, 0.4) is 0 Å². The number of hydrogen-bond donors (Lipinski definition) is 0. The summed E-state index contributed by atoms with van der Waals surface area (Å²) in [7, 11) is 1.69. The Kier molecular flexibility index (Phi) is 4.65. The zero-order valence-electron chi connectivity index (χ0n) is 14.1. The predicted molar refractivity (Wildman–Crippen MR) is 94.1 cm³/mol. The summed E-state index contributed by atoms with van der Waals surface area (Å²) in [5.41, 5.74) is 1.47. The molecule has 0 aromatic heterocycles. The van der Waals surface area contributed by atoms with Crippen molar-refractivity contribution in [3.05, 3.63) is 77.6 Å². The van der Waals surface area contributed by atoms with Gasteiger partial charge in [-0.15, -0.1) is 0 Å². The van der Waals surface area contributed by atoms with E-state index in [1.807, 2.05) is 37.3 Å². The molecule has 0 spiro atoms. The smallest absolute Gasteiger partial charge is 0.322 e. The standard InChI is InChI=1S/C20H19FN2O2/c1-14-19(16-8-4-3-5-9-16)23(20(25)22(14)2)18(24)12-11-15-7-6-10-17(21)13-15/h3-14,19H,1-2H3/t14-,19?/m0/s1. The fourth-order valence-electron chi connectivity index (χ4n) is 3.06. The first-order valence-corrected chi connectivity index (χ1v) is 8.07. The molecule has 128 valence electrons. The summed E-state index contributed by atoms with van der Waals surface area (Å²) < 4.78 is 13.3. The minimum Gasteiger partial charge on any atom is -0.322 e. The number of halogens is 1. The van der Waals surface area contributed by atoms with Crippen LogP contribution in [-0.2, 0) is 4.79 Å². The summed E-state index contributed by atoms with van der Waals surface area (Å²) in [6, 6.07) is 14.6. The highest BCUT2D eigenvalue weighted by atomic mass is 19.1. The lowest BCUT2D eigenvalue weighted by atomic mass is 10.0. The molecule has 2 atom stereocenters. The van der Waals surface area contributed by atoms with Gasteiger partial charge >= 0.3 is 6.03 Å². The van der Waals surface area contributed by atoms with Crippen molar-refractivity contribution in [1.29, 1.82) is 0 Å². The van der Waals surface area contributed by atoms with Gasteiger partial charge in [0, 0.05) is 13.1 Å². The zero-order chi connectivity index (χ0) is 18.0. The Hall–Kier alpha value is -2.95. The lowest BCUT2D eigenvalue weighted by Gasteiger charge is -2.23. The minimum absolute atomic E-state index is 0.138. The van der Waals surface area contributed by atoms with E-state index in [4.69, 9.17) is 0 Å². The average molecular weight is 338 g/mol. The average Bonchev–Trinajstić information content (AvgIpc) is 2.85. The van der Waals surface area contributed by atoms with Crippen molar-refractivity contribution in [1.82, 2.24) is 9.80 Å². The van der Waals surface area contributed by atoms with E-state index in [1.54, 1.807) is 24.1 Å². The molecule has 3 rings (SSSR count). The molecule has 2 aromatic carbocycles. The van der Waals surface area contributed by atoms with Crippen LogP contribution >= 0.6 is 0 Å². The molecule has 1 aliphatic rings. The Morgan fingerprint density at radius 2 is 1.84 bits per heavy atom. The van der Waals surface area contributed by atoms with Crippen LogP contribution in [0.4, 0.5) is 9.18 Å². The maximum atomic E-state index is 13.3. The minimum atomic E-state index is -0.417. The van der Waals surface area contributed by atoms with E-state index in [0.29, 0.717) is 5.56 Å². The number of nitrogens with zero attached hydrogens (tertiary/aromatic N) is 2. The molecule has 25 heavy (non-hydrogen) atoms. The molecule has 0 aliphatic carbocycles. The molecule has 4 nitrogen and oxygen atoms in total. The molecule has 0 bridgehead atoms. The van der Waals surface area contributed by atoms with Crippen molar-refractivity contribution < 1.29 is 14.0 Å². The van der Waals surface area contributed by atoms with Crippen LogP contribution in [0.1, 0.15) is 24.1 Å². The number of rotatable bonds is 3. The third-order valence-electron chi connectivity index (χ3n) is 4.50. The second-order valence-corrected chi connectivity index (χ2v) is 6.09. The number of urea groups is 1. The lowest BCUT2D eigenvalue weighted by Crippen LogP contribution is -2.35. The van der Waals surface area contributed by atoms with Crippen LogP contribution in [0.25, 0.3) is 6.08 Å². The normalized spacial score (nSPS) is 20.5. The van der Waals surface area contributed by atoms with Crippen molar-refractivity contribution in [2.75, 3.05) is 7.05 Å². The van der Waals surface area contributed by atoms with Crippen molar-refractivity contribution in [2.45, 2.75) is 19.0 Å². The van der Waals surface area contributed by atoms with Crippen molar-refractivity contribution >= 4 is 18.0 Å². The van der Waals surface area contributed by atoms with Crippen molar-refractivity contribution in [2.24, 2.45) is 0 Å². The Morgan fingerprint density at radius 1 is 1.12 bits per heavy atom. The van der Waals surface area contributed by atoms with E-state index in [-0.39, 0.29) is 23.9 Å². The maximum Gasteiger partial charge on any atom is 0.327 e. The first-order chi connectivity index (χ1) is 12.0. The molecule has 5 heteroatoms. The van der Waals surface area contributed by atoms with Gasteiger partial charge in [0.25, 0.3) is 5.91 Å². The predicted octanol–water partition coefficient (Wildman–Crippen LogP) is 3.86. The monoisotopic (exact) mass is 338 g/mol. The van der Waals surface area contributed by atoms with Gasteiger partial charge in [0.1, 0.15) is 5.82 Å². The highest BCUT2D eigenvalue weighted by molar-refractivity contribution is 6.04. The Balaban J connectivity index is 1.89. The Labute approximate surface area is 146 Å². The van der Waals surface area contributed by atoms with Crippen LogP contribution in [0.5, 0.6) is 0 Å². The molecule has 1 unspecified atom stereocenters. The number of carbonyl (C=O) groups is 2. The van der Waals surface area contributed by atoms with Crippen LogP contribution in [-0.4, -0.2) is 34.8 Å². The summed E-state index contributed by atoms with van der Waals surface area (Å²) >= 11 is 0. The number of benzene rings is 2. The summed E-state index contributed by atoms with van der Waals surface area (Å²) in [5.74, 6) is -0.790. The number of likely N-dealkylation sites (N-methyl/N-ethyl adjacent to an activating group) is 1. The fraction of sp³-hybridized carbons (Fsp3) is 0.200. The summed E-state index contributed by atoms with van der Waals surface area (Å²) in [6.07, 6.45) is 2.83. The first kappa shape index (κ1) is 16.9. The molecule has 1 saturated heterocycles. The van der Waals surface area contributed by atoms with Gasteiger partial charge < -0.3 is 4.90 Å². The molecule has 1 heterocycles. The SMILES string of the molecule is C[C@H]1C(c2ccccc2)N(C(=O)C=Cc2cccc(F)c2)C(=O)N1C. The molecule has 2 aromatic rings. The summed E-state index contributed by atoms with van der Waals surface area (Å²) in [5, 5.41) is 0. The van der Waals surface area contributed by atoms with Gasteiger partial charge in [-0.05, 0) is 36.3 Å². The van der Waals surface area contributed by atoms with E-state index in [1.165, 1.54) is 29.2 Å². The van der Waals surface area contributed by atoms with Crippen molar-refractivity contribution in [3.8, 4) is 0 Å². The van der Waals surface area contributed by atoms with Crippen LogP contribution in [0, 0.1) is 5.82 Å². The lowest BCUT2D eigenvalue weighted by molar-refractivity contribution is -0.124. The largest absolute Gasteiger partial charge is 0.327 e. The third kappa shape index (κ3) is 3.31.